The molecule has 8 nitrogen and oxygen atoms in total. The summed E-state index contributed by atoms with van der Waals surface area (Å²) >= 11 is 0. The molecule has 1 aliphatic rings. The summed E-state index contributed by atoms with van der Waals surface area (Å²) < 4.78 is 5.84. The molecule has 0 radical (unpaired) electrons. The first-order valence-electron chi connectivity index (χ1n) is 11.3. The first-order chi connectivity index (χ1) is 16.7. The largest absolute Gasteiger partial charge is 0.457 e. The van der Waals surface area contributed by atoms with Gasteiger partial charge in [-0.15, -0.1) is 0 Å². The SMILES string of the molecule is Nc1nc(CN2CCN(c3ccccc3)CC2)nc(Nc2ccc(Oc3ccccc3)cc2)n1. The Hall–Kier alpha value is -4.17. The molecule has 0 bridgehead atoms. The van der Waals surface area contributed by atoms with Gasteiger partial charge in [-0.3, -0.25) is 4.90 Å². The minimum absolute atomic E-state index is 0.208. The van der Waals surface area contributed by atoms with E-state index in [1.54, 1.807) is 0 Å². The zero-order valence-corrected chi connectivity index (χ0v) is 18.8. The molecule has 0 aliphatic carbocycles. The number of aromatic nitrogens is 3. The summed E-state index contributed by atoms with van der Waals surface area (Å²) in [5, 5.41) is 3.22. The Bertz CT molecular complexity index is 1200. The van der Waals surface area contributed by atoms with Gasteiger partial charge in [0, 0.05) is 37.6 Å². The van der Waals surface area contributed by atoms with Crippen molar-refractivity contribution in [2.45, 2.75) is 6.54 Å². The highest BCUT2D eigenvalue weighted by molar-refractivity contribution is 5.55. The van der Waals surface area contributed by atoms with Crippen LogP contribution in [0.1, 0.15) is 5.82 Å². The Balaban J connectivity index is 1.19. The van der Waals surface area contributed by atoms with E-state index in [4.69, 9.17) is 10.5 Å². The van der Waals surface area contributed by atoms with Crippen molar-refractivity contribution in [3.63, 3.8) is 0 Å². The lowest BCUT2D eigenvalue weighted by Crippen LogP contribution is -2.46. The van der Waals surface area contributed by atoms with Gasteiger partial charge in [0.2, 0.25) is 11.9 Å². The predicted octanol–water partition coefficient (Wildman–Crippen LogP) is 4.31. The van der Waals surface area contributed by atoms with Crippen molar-refractivity contribution in [1.82, 2.24) is 19.9 Å². The third kappa shape index (κ3) is 5.60. The Labute approximate surface area is 199 Å². The number of ether oxygens (including phenoxy) is 1. The molecule has 1 aromatic heterocycles. The molecule has 8 heteroatoms. The molecule has 0 spiro atoms. The molecule has 2 heterocycles. The van der Waals surface area contributed by atoms with E-state index < -0.39 is 0 Å². The molecule has 1 fully saturated rings. The summed E-state index contributed by atoms with van der Waals surface area (Å²) in [6.07, 6.45) is 0. The number of benzene rings is 3. The summed E-state index contributed by atoms with van der Waals surface area (Å²) in [5.74, 6) is 2.85. The van der Waals surface area contributed by atoms with E-state index in [2.05, 4.69) is 54.3 Å². The number of para-hydroxylation sites is 2. The second-order valence-corrected chi connectivity index (χ2v) is 8.10. The lowest BCUT2D eigenvalue weighted by Gasteiger charge is -2.35. The molecule has 5 rings (SSSR count). The van der Waals surface area contributed by atoms with Crippen LogP contribution in [0.4, 0.5) is 23.3 Å². The van der Waals surface area contributed by atoms with Crippen LogP contribution in [0.25, 0.3) is 0 Å². The molecule has 1 saturated heterocycles. The number of hydrogen-bond acceptors (Lipinski definition) is 8. The van der Waals surface area contributed by atoms with E-state index >= 15 is 0 Å². The van der Waals surface area contributed by atoms with Gasteiger partial charge in [-0.1, -0.05) is 36.4 Å². The summed E-state index contributed by atoms with van der Waals surface area (Å²) in [6, 6.07) is 27.8. The van der Waals surface area contributed by atoms with Crippen LogP contribution in [0, 0.1) is 0 Å². The minimum atomic E-state index is 0.208. The molecule has 0 saturated carbocycles. The van der Waals surface area contributed by atoms with Gasteiger partial charge in [0.05, 0.1) is 6.54 Å². The maximum absolute atomic E-state index is 5.98. The molecule has 172 valence electrons. The molecule has 4 aromatic rings. The topological polar surface area (TPSA) is 92.4 Å². The van der Waals surface area contributed by atoms with Gasteiger partial charge in [-0.25, -0.2) is 0 Å². The molecule has 0 atom stereocenters. The third-order valence-corrected chi connectivity index (χ3v) is 5.65. The van der Waals surface area contributed by atoms with Gasteiger partial charge in [0.15, 0.2) is 0 Å². The van der Waals surface area contributed by atoms with E-state index in [1.807, 2.05) is 60.7 Å². The van der Waals surface area contributed by atoms with Gasteiger partial charge >= 0.3 is 0 Å². The lowest BCUT2D eigenvalue weighted by atomic mass is 10.2. The Morgan fingerprint density at radius 2 is 1.38 bits per heavy atom. The van der Waals surface area contributed by atoms with Gasteiger partial charge in [0.1, 0.15) is 17.3 Å². The number of hydrogen-bond donors (Lipinski definition) is 2. The van der Waals surface area contributed by atoms with Crippen LogP contribution in [0.2, 0.25) is 0 Å². The predicted molar refractivity (Wildman–Crippen MR) is 134 cm³/mol. The lowest BCUT2D eigenvalue weighted by molar-refractivity contribution is 0.244. The Morgan fingerprint density at radius 1 is 0.735 bits per heavy atom. The summed E-state index contributed by atoms with van der Waals surface area (Å²) in [7, 11) is 0. The van der Waals surface area contributed by atoms with E-state index in [0.717, 1.165) is 43.4 Å². The van der Waals surface area contributed by atoms with Crippen molar-refractivity contribution < 1.29 is 4.74 Å². The highest BCUT2D eigenvalue weighted by atomic mass is 16.5. The van der Waals surface area contributed by atoms with E-state index in [-0.39, 0.29) is 5.95 Å². The van der Waals surface area contributed by atoms with Gasteiger partial charge < -0.3 is 20.7 Å². The van der Waals surface area contributed by atoms with Crippen LogP contribution < -0.4 is 20.7 Å². The number of piperazine rings is 1. The number of nitrogen functional groups attached to an aromatic ring is 1. The molecule has 0 unspecified atom stereocenters. The van der Waals surface area contributed by atoms with Gasteiger partial charge in [-0.05, 0) is 48.5 Å². The standard InChI is InChI=1S/C26H27N7O/c27-25-29-24(19-32-15-17-33(18-16-32)21-7-3-1-4-8-21)30-26(31-25)28-20-11-13-23(14-12-20)34-22-9-5-2-6-10-22/h1-14H,15-19H2,(H3,27,28,29,30,31). The zero-order valence-electron chi connectivity index (χ0n) is 18.8. The molecular formula is C26H27N7O. The highest BCUT2D eigenvalue weighted by Gasteiger charge is 2.18. The molecule has 3 aromatic carbocycles. The number of anilines is 4. The van der Waals surface area contributed by atoms with Crippen LogP contribution in [0.3, 0.4) is 0 Å². The number of rotatable bonds is 7. The first-order valence-corrected chi connectivity index (χ1v) is 11.3. The van der Waals surface area contributed by atoms with Crippen molar-refractivity contribution in [1.29, 1.82) is 0 Å². The van der Waals surface area contributed by atoms with Crippen LogP contribution in [0.15, 0.2) is 84.9 Å². The maximum Gasteiger partial charge on any atom is 0.232 e. The zero-order chi connectivity index (χ0) is 23.2. The monoisotopic (exact) mass is 453 g/mol. The summed E-state index contributed by atoms with van der Waals surface area (Å²) in [4.78, 5) is 17.9. The number of nitrogens with two attached hydrogens (primary N) is 1. The Morgan fingerprint density at radius 3 is 2.09 bits per heavy atom. The van der Waals surface area contributed by atoms with E-state index in [1.165, 1.54) is 5.69 Å². The third-order valence-electron chi connectivity index (χ3n) is 5.65. The van der Waals surface area contributed by atoms with Crippen LogP contribution >= 0.6 is 0 Å². The second-order valence-electron chi connectivity index (χ2n) is 8.10. The van der Waals surface area contributed by atoms with Crippen molar-refractivity contribution in [3.8, 4) is 11.5 Å². The fourth-order valence-electron chi connectivity index (χ4n) is 3.93. The average Bonchev–Trinajstić information content (AvgIpc) is 2.87. The van der Waals surface area contributed by atoms with Crippen LogP contribution in [-0.2, 0) is 6.54 Å². The van der Waals surface area contributed by atoms with Crippen LogP contribution in [0.5, 0.6) is 11.5 Å². The fraction of sp³-hybridized carbons (Fsp3) is 0.192. The van der Waals surface area contributed by atoms with Crippen molar-refractivity contribution in [2.24, 2.45) is 0 Å². The average molecular weight is 454 g/mol. The fourth-order valence-corrected chi connectivity index (χ4v) is 3.93. The Kier molecular flexibility index (Phi) is 6.49. The normalized spacial score (nSPS) is 14.1. The van der Waals surface area contributed by atoms with Crippen LogP contribution in [-0.4, -0.2) is 46.0 Å². The molecular weight excluding hydrogens is 426 g/mol. The van der Waals surface area contributed by atoms with Crippen molar-refractivity contribution >= 4 is 23.3 Å². The highest BCUT2D eigenvalue weighted by Crippen LogP contribution is 2.24. The van der Waals surface area contributed by atoms with Gasteiger partial charge in [-0.2, -0.15) is 15.0 Å². The summed E-state index contributed by atoms with van der Waals surface area (Å²) in [6.45, 7) is 4.44. The quantitative estimate of drug-likeness (QED) is 0.428. The van der Waals surface area contributed by atoms with E-state index in [9.17, 15) is 0 Å². The smallest absolute Gasteiger partial charge is 0.232 e. The molecule has 1 aliphatic heterocycles. The van der Waals surface area contributed by atoms with Crippen molar-refractivity contribution in [2.75, 3.05) is 42.1 Å². The van der Waals surface area contributed by atoms with E-state index in [0.29, 0.717) is 18.3 Å². The number of nitrogens with one attached hydrogen (secondary N) is 1. The summed E-state index contributed by atoms with van der Waals surface area (Å²) in [5.41, 5.74) is 8.08. The maximum atomic E-state index is 5.98. The second kappa shape index (κ2) is 10.2. The van der Waals surface area contributed by atoms with Crippen molar-refractivity contribution in [3.05, 3.63) is 90.8 Å². The molecule has 34 heavy (non-hydrogen) atoms. The number of nitrogens with zero attached hydrogens (tertiary/aromatic N) is 5. The van der Waals surface area contributed by atoms with Gasteiger partial charge in [0.25, 0.3) is 0 Å². The molecule has 3 N–H and O–H groups in total. The molecule has 0 amide bonds. The minimum Gasteiger partial charge on any atom is -0.457 e. The first kappa shape index (κ1) is 21.7.